The molecule has 1 unspecified atom stereocenters. The quantitative estimate of drug-likeness (QED) is 0.655. The topological polar surface area (TPSA) is 12.0 Å². The van der Waals surface area contributed by atoms with E-state index < -0.39 is 0 Å². The Kier molecular flexibility index (Phi) is 4.94. The molecule has 0 heterocycles. The lowest BCUT2D eigenvalue weighted by molar-refractivity contribution is 0.149. The van der Waals surface area contributed by atoms with E-state index in [0.29, 0.717) is 5.41 Å². The highest BCUT2D eigenvalue weighted by molar-refractivity contribution is 4.86. The van der Waals surface area contributed by atoms with E-state index in [4.69, 9.17) is 0 Å². The molecule has 1 heteroatoms. The monoisotopic (exact) mass is 197 g/mol. The van der Waals surface area contributed by atoms with Gasteiger partial charge < -0.3 is 5.32 Å². The number of nitrogens with one attached hydrogen (secondary N) is 1. The fraction of sp³-hybridized carbons (Fsp3) is 1.00. The van der Waals surface area contributed by atoms with E-state index in [1.54, 1.807) is 0 Å². The Morgan fingerprint density at radius 3 is 2.43 bits per heavy atom. The zero-order chi connectivity index (χ0) is 10.4. The second-order valence-electron chi connectivity index (χ2n) is 5.29. The molecule has 0 bridgehead atoms. The van der Waals surface area contributed by atoms with E-state index in [-0.39, 0.29) is 0 Å². The fourth-order valence-electron chi connectivity index (χ4n) is 2.25. The minimum absolute atomic E-state index is 0.639. The Hall–Kier alpha value is -0.0400. The van der Waals surface area contributed by atoms with Gasteiger partial charge >= 0.3 is 0 Å². The third kappa shape index (κ3) is 3.61. The lowest BCUT2D eigenvalue weighted by Crippen LogP contribution is -2.41. The summed E-state index contributed by atoms with van der Waals surface area (Å²) in [6.07, 6.45) is 9.68. The van der Waals surface area contributed by atoms with Crippen molar-refractivity contribution in [2.75, 3.05) is 6.54 Å². The lowest BCUT2D eigenvalue weighted by atomic mass is 9.70. The van der Waals surface area contributed by atoms with Crippen LogP contribution in [0.5, 0.6) is 0 Å². The van der Waals surface area contributed by atoms with Crippen LogP contribution in [-0.2, 0) is 0 Å². The molecule has 14 heavy (non-hydrogen) atoms. The van der Waals surface area contributed by atoms with Crippen molar-refractivity contribution in [1.82, 2.24) is 5.32 Å². The summed E-state index contributed by atoms with van der Waals surface area (Å²) in [5.74, 6) is 0. The number of hydrogen-bond donors (Lipinski definition) is 1. The molecule has 84 valence electrons. The zero-order valence-electron chi connectivity index (χ0n) is 10.2. The van der Waals surface area contributed by atoms with Gasteiger partial charge in [0.05, 0.1) is 0 Å². The zero-order valence-corrected chi connectivity index (χ0v) is 10.2. The van der Waals surface area contributed by atoms with E-state index in [1.165, 1.54) is 51.5 Å². The Morgan fingerprint density at radius 1 is 1.29 bits per heavy atom. The number of unbranched alkanes of at least 4 members (excludes halogenated alkanes) is 1. The van der Waals surface area contributed by atoms with E-state index in [2.05, 4.69) is 26.1 Å². The molecule has 1 aliphatic carbocycles. The molecular weight excluding hydrogens is 170 g/mol. The van der Waals surface area contributed by atoms with Crippen LogP contribution in [0, 0.1) is 5.41 Å². The first kappa shape index (κ1) is 12.0. The van der Waals surface area contributed by atoms with Gasteiger partial charge in [-0.1, -0.05) is 40.0 Å². The molecule has 0 aliphatic heterocycles. The van der Waals surface area contributed by atoms with Crippen molar-refractivity contribution in [3.8, 4) is 0 Å². The van der Waals surface area contributed by atoms with Crippen LogP contribution in [0.25, 0.3) is 0 Å². The third-order valence-electron chi connectivity index (χ3n) is 3.78. The molecule has 1 atom stereocenters. The molecule has 1 fully saturated rings. The minimum atomic E-state index is 0.639. The van der Waals surface area contributed by atoms with Gasteiger partial charge in [0.25, 0.3) is 0 Å². The van der Waals surface area contributed by atoms with Crippen molar-refractivity contribution >= 4 is 0 Å². The molecule has 0 radical (unpaired) electrons. The van der Waals surface area contributed by atoms with Gasteiger partial charge in [-0.3, -0.25) is 0 Å². The average Bonchev–Trinajstić information content (AvgIpc) is 2.15. The van der Waals surface area contributed by atoms with Gasteiger partial charge in [0, 0.05) is 12.6 Å². The number of hydrogen-bond acceptors (Lipinski definition) is 1. The average molecular weight is 197 g/mol. The molecule has 0 amide bonds. The second-order valence-corrected chi connectivity index (χ2v) is 5.29. The molecule has 0 aromatic rings. The van der Waals surface area contributed by atoms with E-state index in [9.17, 15) is 0 Å². The summed E-state index contributed by atoms with van der Waals surface area (Å²) < 4.78 is 0. The van der Waals surface area contributed by atoms with Crippen LogP contribution in [0.15, 0.2) is 0 Å². The van der Waals surface area contributed by atoms with Gasteiger partial charge in [0.2, 0.25) is 0 Å². The second kappa shape index (κ2) is 5.75. The van der Waals surface area contributed by atoms with Gasteiger partial charge in [0.1, 0.15) is 0 Å². The van der Waals surface area contributed by atoms with Crippen molar-refractivity contribution in [3.63, 3.8) is 0 Å². The molecule has 1 N–H and O–H groups in total. The Morgan fingerprint density at radius 2 is 2.00 bits per heavy atom. The summed E-state index contributed by atoms with van der Waals surface area (Å²) in [6.45, 7) is 8.25. The van der Waals surface area contributed by atoms with Gasteiger partial charge in [-0.15, -0.1) is 0 Å². The minimum Gasteiger partial charge on any atom is -0.313 e. The van der Waals surface area contributed by atoms with E-state index in [0.717, 1.165) is 6.04 Å². The molecular formula is C13H27N. The summed E-state index contributed by atoms with van der Waals surface area (Å²) in [5.41, 5.74) is 0.639. The molecule has 1 rings (SSSR count). The highest BCUT2D eigenvalue weighted by atomic mass is 14.9. The summed E-state index contributed by atoms with van der Waals surface area (Å²) in [7, 11) is 0. The van der Waals surface area contributed by atoms with E-state index in [1.807, 2.05) is 0 Å². The molecule has 0 spiro atoms. The van der Waals surface area contributed by atoms with Crippen LogP contribution in [0.1, 0.15) is 65.7 Å². The molecule has 1 nitrogen and oxygen atoms in total. The van der Waals surface area contributed by atoms with Gasteiger partial charge in [-0.2, -0.15) is 0 Å². The Labute approximate surface area is 89.7 Å². The predicted molar refractivity (Wildman–Crippen MR) is 63.6 cm³/mol. The molecule has 1 saturated carbocycles. The van der Waals surface area contributed by atoms with Crippen LogP contribution in [0.4, 0.5) is 0 Å². The highest BCUT2D eigenvalue weighted by Crippen LogP contribution is 2.39. The Balaban J connectivity index is 2.13. The summed E-state index contributed by atoms with van der Waals surface area (Å²) in [4.78, 5) is 0. The third-order valence-corrected chi connectivity index (χ3v) is 3.78. The summed E-state index contributed by atoms with van der Waals surface area (Å²) >= 11 is 0. The molecule has 1 aliphatic rings. The van der Waals surface area contributed by atoms with Crippen molar-refractivity contribution < 1.29 is 0 Å². The van der Waals surface area contributed by atoms with Crippen LogP contribution in [0.2, 0.25) is 0 Å². The fourth-order valence-corrected chi connectivity index (χ4v) is 2.25. The number of rotatable bonds is 7. The van der Waals surface area contributed by atoms with Gasteiger partial charge in [0.15, 0.2) is 0 Å². The SMILES string of the molecule is CCCCC(CC)NCC1(C)CCC1. The van der Waals surface area contributed by atoms with Crippen LogP contribution >= 0.6 is 0 Å². The first-order valence-electron chi connectivity index (χ1n) is 6.43. The maximum atomic E-state index is 3.75. The molecule has 0 aromatic heterocycles. The maximum absolute atomic E-state index is 3.75. The standard InChI is InChI=1S/C13H27N/c1-4-6-8-12(5-2)14-11-13(3)9-7-10-13/h12,14H,4-11H2,1-3H3. The largest absolute Gasteiger partial charge is 0.313 e. The lowest BCUT2D eigenvalue weighted by Gasteiger charge is -2.39. The van der Waals surface area contributed by atoms with E-state index >= 15 is 0 Å². The molecule has 0 saturated heterocycles. The summed E-state index contributed by atoms with van der Waals surface area (Å²) in [6, 6.07) is 0.771. The Bertz CT molecular complexity index is 149. The summed E-state index contributed by atoms with van der Waals surface area (Å²) in [5, 5.41) is 3.75. The smallest absolute Gasteiger partial charge is 0.00646 e. The van der Waals surface area contributed by atoms with Crippen LogP contribution in [0.3, 0.4) is 0 Å². The maximum Gasteiger partial charge on any atom is 0.00646 e. The van der Waals surface area contributed by atoms with Crippen molar-refractivity contribution in [2.45, 2.75) is 71.8 Å². The first-order valence-corrected chi connectivity index (χ1v) is 6.43. The predicted octanol–water partition coefficient (Wildman–Crippen LogP) is 3.74. The van der Waals surface area contributed by atoms with Crippen molar-refractivity contribution in [2.24, 2.45) is 5.41 Å². The van der Waals surface area contributed by atoms with Crippen molar-refractivity contribution in [1.29, 1.82) is 0 Å². The molecule has 0 aromatic carbocycles. The van der Waals surface area contributed by atoms with Crippen LogP contribution < -0.4 is 5.32 Å². The highest BCUT2D eigenvalue weighted by Gasteiger charge is 2.31. The van der Waals surface area contributed by atoms with Gasteiger partial charge in [-0.25, -0.2) is 0 Å². The van der Waals surface area contributed by atoms with Crippen LogP contribution in [-0.4, -0.2) is 12.6 Å². The van der Waals surface area contributed by atoms with Crippen molar-refractivity contribution in [3.05, 3.63) is 0 Å². The van der Waals surface area contributed by atoms with Gasteiger partial charge in [-0.05, 0) is 31.1 Å². The normalized spacial score (nSPS) is 21.6. The first-order chi connectivity index (χ1) is 6.70.